The van der Waals surface area contributed by atoms with E-state index >= 15 is 0 Å². The molecule has 38 heavy (non-hydrogen) atoms. The molecule has 0 heterocycles. The summed E-state index contributed by atoms with van der Waals surface area (Å²) in [6.45, 7) is 10.1. The van der Waals surface area contributed by atoms with Crippen molar-refractivity contribution in [1.29, 1.82) is 0 Å². The Morgan fingerprint density at radius 3 is 2.18 bits per heavy atom. The molecule has 2 atom stereocenters. The maximum atomic E-state index is 13.8. The number of nitrogens with one attached hydrogen (secondary N) is 1. The fourth-order valence-corrected chi connectivity index (χ4v) is 4.22. The van der Waals surface area contributed by atoms with E-state index in [-0.39, 0.29) is 42.2 Å². The van der Waals surface area contributed by atoms with Gasteiger partial charge in [-0.05, 0) is 53.6 Å². The second-order valence-electron chi connectivity index (χ2n) is 10.7. The Balaban J connectivity index is 1.94. The highest BCUT2D eigenvalue weighted by molar-refractivity contribution is 5.88. The minimum Gasteiger partial charge on any atom is -0.483 e. The molecule has 0 spiro atoms. The maximum absolute atomic E-state index is 13.8. The number of carbonyl (C=O) groups is 2. The van der Waals surface area contributed by atoms with E-state index in [1.807, 2.05) is 68.4 Å². The van der Waals surface area contributed by atoms with Crippen molar-refractivity contribution in [2.75, 3.05) is 6.61 Å². The standard InChI is InChI=1S/C32H39FN2O3/c1-6-23(2)34-31(37)28(20-24-12-8-7-9-13-24)35(21-25-16-18-26(33)19-17-25)30(36)22-38-29-15-11-10-14-27(29)32(3,4)5/h7-19,23,28H,6,20-22H2,1-5H3,(H,34,37)/t23-,28+/m1/s1. The van der Waals surface area contributed by atoms with Crippen molar-refractivity contribution in [2.45, 2.75) is 71.5 Å². The highest BCUT2D eigenvalue weighted by atomic mass is 19.1. The van der Waals surface area contributed by atoms with Gasteiger partial charge in [-0.1, -0.05) is 88.4 Å². The normalized spacial score (nSPS) is 12.9. The van der Waals surface area contributed by atoms with E-state index in [2.05, 4.69) is 26.1 Å². The first-order valence-electron chi connectivity index (χ1n) is 13.2. The largest absolute Gasteiger partial charge is 0.483 e. The van der Waals surface area contributed by atoms with Crippen LogP contribution in [0.5, 0.6) is 5.75 Å². The van der Waals surface area contributed by atoms with E-state index in [0.29, 0.717) is 12.2 Å². The fraction of sp³-hybridized carbons (Fsp3) is 0.375. The van der Waals surface area contributed by atoms with Crippen LogP contribution in [0, 0.1) is 5.82 Å². The first-order chi connectivity index (χ1) is 18.1. The van der Waals surface area contributed by atoms with Gasteiger partial charge in [0.2, 0.25) is 5.91 Å². The molecule has 5 nitrogen and oxygen atoms in total. The third-order valence-corrected chi connectivity index (χ3v) is 6.58. The van der Waals surface area contributed by atoms with Gasteiger partial charge >= 0.3 is 0 Å². The van der Waals surface area contributed by atoms with Crippen LogP contribution in [0.2, 0.25) is 0 Å². The number of nitrogens with zero attached hydrogens (tertiary/aromatic N) is 1. The summed E-state index contributed by atoms with van der Waals surface area (Å²) in [6, 6.07) is 22.5. The van der Waals surface area contributed by atoms with Gasteiger partial charge in [0, 0.05) is 19.0 Å². The summed E-state index contributed by atoms with van der Waals surface area (Å²) in [5.41, 5.74) is 2.49. The van der Waals surface area contributed by atoms with Crippen LogP contribution >= 0.6 is 0 Å². The molecule has 6 heteroatoms. The lowest BCUT2D eigenvalue weighted by atomic mass is 9.86. The van der Waals surface area contributed by atoms with Crippen molar-refractivity contribution in [3.05, 3.63) is 101 Å². The Bertz CT molecular complexity index is 1190. The minimum absolute atomic E-state index is 0.0431. The summed E-state index contributed by atoms with van der Waals surface area (Å²) in [7, 11) is 0. The van der Waals surface area contributed by atoms with E-state index in [1.165, 1.54) is 12.1 Å². The molecule has 0 aromatic heterocycles. The molecule has 0 bridgehead atoms. The van der Waals surface area contributed by atoms with Gasteiger partial charge in [-0.25, -0.2) is 4.39 Å². The third-order valence-electron chi connectivity index (χ3n) is 6.58. The summed E-state index contributed by atoms with van der Waals surface area (Å²) in [4.78, 5) is 28.9. The lowest BCUT2D eigenvalue weighted by molar-refractivity contribution is -0.143. The quantitative estimate of drug-likeness (QED) is 0.336. The van der Waals surface area contributed by atoms with Crippen molar-refractivity contribution in [3.63, 3.8) is 0 Å². The molecular formula is C32H39FN2O3. The summed E-state index contributed by atoms with van der Waals surface area (Å²) < 4.78 is 19.7. The summed E-state index contributed by atoms with van der Waals surface area (Å²) >= 11 is 0. The van der Waals surface area contributed by atoms with E-state index in [0.717, 1.165) is 23.1 Å². The zero-order valence-electron chi connectivity index (χ0n) is 23.0. The van der Waals surface area contributed by atoms with Crippen molar-refractivity contribution >= 4 is 11.8 Å². The lowest BCUT2D eigenvalue weighted by Gasteiger charge is -2.32. The Hall–Kier alpha value is -3.67. The number of amides is 2. The predicted octanol–water partition coefficient (Wildman–Crippen LogP) is 6.06. The molecule has 0 saturated heterocycles. The molecule has 3 aromatic carbocycles. The zero-order chi connectivity index (χ0) is 27.7. The highest BCUT2D eigenvalue weighted by Crippen LogP contribution is 2.31. The molecular weight excluding hydrogens is 479 g/mol. The first kappa shape index (κ1) is 28.9. The van der Waals surface area contributed by atoms with Crippen LogP contribution in [0.1, 0.15) is 57.7 Å². The van der Waals surface area contributed by atoms with E-state index in [4.69, 9.17) is 4.74 Å². The van der Waals surface area contributed by atoms with Crippen LogP contribution in [-0.2, 0) is 28.0 Å². The third kappa shape index (κ3) is 8.17. The smallest absolute Gasteiger partial charge is 0.261 e. The molecule has 202 valence electrons. The Morgan fingerprint density at radius 1 is 0.921 bits per heavy atom. The molecule has 0 saturated carbocycles. The van der Waals surface area contributed by atoms with Gasteiger partial charge in [-0.3, -0.25) is 9.59 Å². The Labute approximate surface area is 226 Å². The summed E-state index contributed by atoms with van der Waals surface area (Å²) in [6.07, 6.45) is 1.11. The van der Waals surface area contributed by atoms with Crippen molar-refractivity contribution in [2.24, 2.45) is 0 Å². The van der Waals surface area contributed by atoms with E-state index in [9.17, 15) is 14.0 Å². The zero-order valence-corrected chi connectivity index (χ0v) is 23.0. The van der Waals surface area contributed by atoms with Crippen molar-refractivity contribution in [1.82, 2.24) is 10.2 Å². The first-order valence-corrected chi connectivity index (χ1v) is 13.2. The Morgan fingerprint density at radius 2 is 1.55 bits per heavy atom. The van der Waals surface area contributed by atoms with Crippen LogP contribution in [0.3, 0.4) is 0 Å². The number of carbonyl (C=O) groups excluding carboxylic acids is 2. The summed E-state index contributed by atoms with van der Waals surface area (Å²) in [5, 5.41) is 3.05. The number of para-hydroxylation sites is 1. The monoisotopic (exact) mass is 518 g/mol. The van der Waals surface area contributed by atoms with Crippen LogP contribution in [0.4, 0.5) is 4.39 Å². The van der Waals surface area contributed by atoms with Crippen LogP contribution in [0.25, 0.3) is 0 Å². The minimum atomic E-state index is -0.773. The number of ether oxygens (including phenoxy) is 1. The van der Waals surface area contributed by atoms with Gasteiger partial charge in [0.25, 0.3) is 5.91 Å². The number of rotatable bonds is 11. The van der Waals surface area contributed by atoms with Crippen LogP contribution < -0.4 is 10.1 Å². The van der Waals surface area contributed by atoms with E-state index < -0.39 is 6.04 Å². The molecule has 0 unspecified atom stereocenters. The van der Waals surface area contributed by atoms with Gasteiger partial charge in [0.05, 0.1) is 0 Å². The second-order valence-corrected chi connectivity index (χ2v) is 10.7. The van der Waals surface area contributed by atoms with Crippen molar-refractivity contribution < 1.29 is 18.7 Å². The number of hydrogen-bond donors (Lipinski definition) is 1. The molecule has 3 aromatic rings. The average molecular weight is 519 g/mol. The molecule has 2 amide bonds. The van der Waals surface area contributed by atoms with Gasteiger partial charge in [-0.15, -0.1) is 0 Å². The number of halogens is 1. The molecule has 0 aliphatic rings. The maximum Gasteiger partial charge on any atom is 0.261 e. The van der Waals surface area contributed by atoms with Crippen molar-refractivity contribution in [3.8, 4) is 5.75 Å². The SMILES string of the molecule is CC[C@@H](C)NC(=O)[C@H](Cc1ccccc1)N(Cc1ccc(F)cc1)C(=O)COc1ccccc1C(C)(C)C. The van der Waals surface area contributed by atoms with Crippen LogP contribution in [-0.4, -0.2) is 35.4 Å². The fourth-order valence-electron chi connectivity index (χ4n) is 4.22. The number of benzene rings is 3. The molecule has 3 rings (SSSR count). The molecule has 0 fully saturated rings. The van der Waals surface area contributed by atoms with Gasteiger partial charge in [0.15, 0.2) is 6.61 Å². The Kier molecular flexibility index (Phi) is 10.1. The molecule has 0 aliphatic heterocycles. The van der Waals surface area contributed by atoms with Crippen LogP contribution in [0.15, 0.2) is 78.9 Å². The predicted molar refractivity (Wildman–Crippen MR) is 149 cm³/mol. The van der Waals surface area contributed by atoms with Gasteiger partial charge in [-0.2, -0.15) is 0 Å². The van der Waals surface area contributed by atoms with Gasteiger partial charge < -0.3 is 15.0 Å². The number of hydrogen-bond acceptors (Lipinski definition) is 3. The summed E-state index contributed by atoms with van der Waals surface area (Å²) in [5.74, 6) is -0.269. The lowest BCUT2D eigenvalue weighted by Crippen LogP contribution is -2.53. The van der Waals surface area contributed by atoms with Gasteiger partial charge in [0.1, 0.15) is 17.6 Å². The van der Waals surface area contributed by atoms with E-state index in [1.54, 1.807) is 17.0 Å². The average Bonchev–Trinajstić information content (AvgIpc) is 2.90. The molecule has 1 N–H and O–H groups in total. The topological polar surface area (TPSA) is 58.6 Å². The second kappa shape index (κ2) is 13.2. The molecule has 0 aliphatic carbocycles. The highest BCUT2D eigenvalue weighted by Gasteiger charge is 2.31. The molecule has 0 radical (unpaired) electrons.